The second kappa shape index (κ2) is 14.8. The van der Waals surface area contributed by atoms with E-state index in [9.17, 15) is 14.4 Å². The minimum Gasteiger partial charge on any atom is -0.468 e. The van der Waals surface area contributed by atoms with E-state index in [-0.39, 0.29) is 26.3 Å². The van der Waals surface area contributed by atoms with Crippen LogP contribution < -0.4 is 0 Å². The lowest BCUT2D eigenvalue weighted by Crippen LogP contribution is -2.47. The fourth-order valence-electron chi connectivity index (χ4n) is 3.35. The molecule has 0 aliphatic carbocycles. The smallest absolute Gasteiger partial charge is 0.323 e. The molecule has 0 amide bonds. The van der Waals surface area contributed by atoms with Crippen LogP contribution in [0, 0.1) is 0 Å². The first kappa shape index (κ1) is 26.1. The Balaban J connectivity index is 2.04. The van der Waals surface area contributed by atoms with Crippen molar-refractivity contribution < 1.29 is 28.6 Å². The summed E-state index contributed by atoms with van der Waals surface area (Å²) in [6.07, 6.45) is 3.15. The molecule has 1 unspecified atom stereocenters. The standard InChI is InChI=1S/C26H33NO6/c1-3-4-7-16-23(26(30)31-2)27(17-24(28)32-19-21-12-8-5-9-13-21)18-25(29)33-20-22-14-10-6-11-15-22/h5-6,8-15,23H,3-4,7,16-20H2,1-2H3. The average molecular weight is 456 g/mol. The van der Waals surface area contributed by atoms with Crippen molar-refractivity contribution in [1.82, 2.24) is 4.90 Å². The second-order valence-electron chi connectivity index (χ2n) is 7.73. The van der Waals surface area contributed by atoms with Gasteiger partial charge in [-0.3, -0.25) is 19.3 Å². The van der Waals surface area contributed by atoms with Gasteiger partial charge < -0.3 is 14.2 Å². The third-order valence-electron chi connectivity index (χ3n) is 5.14. The molecule has 2 aromatic rings. The topological polar surface area (TPSA) is 82.1 Å². The highest BCUT2D eigenvalue weighted by atomic mass is 16.5. The molecule has 0 spiro atoms. The zero-order chi connectivity index (χ0) is 23.9. The number of ether oxygens (including phenoxy) is 3. The van der Waals surface area contributed by atoms with E-state index in [4.69, 9.17) is 14.2 Å². The van der Waals surface area contributed by atoms with E-state index in [1.165, 1.54) is 12.0 Å². The lowest BCUT2D eigenvalue weighted by Gasteiger charge is -2.28. The normalized spacial score (nSPS) is 11.6. The predicted octanol–water partition coefficient (Wildman–Crippen LogP) is 3.90. The van der Waals surface area contributed by atoms with Crippen LogP contribution in [0.4, 0.5) is 0 Å². The van der Waals surface area contributed by atoms with Crippen LogP contribution in [0.5, 0.6) is 0 Å². The largest absolute Gasteiger partial charge is 0.468 e. The van der Waals surface area contributed by atoms with Crippen LogP contribution in [0.2, 0.25) is 0 Å². The third kappa shape index (κ3) is 9.87. The summed E-state index contributed by atoms with van der Waals surface area (Å²) in [5.74, 6) is -1.55. The van der Waals surface area contributed by atoms with Gasteiger partial charge in [-0.1, -0.05) is 86.8 Å². The van der Waals surface area contributed by atoms with Crippen LogP contribution in [0.1, 0.15) is 43.7 Å². The predicted molar refractivity (Wildman–Crippen MR) is 124 cm³/mol. The van der Waals surface area contributed by atoms with Crippen LogP contribution in [-0.4, -0.2) is 49.0 Å². The van der Waals surface area contributed by atoms with Gasteiger partial charge in [-0.25, -0.2) is 0 Å². The second-order valence-corrected chi connectivity index (χ2v) is 7.73. The van der Waals surface area contributed by atoms with E-state index < -0.39 is 23.9 Å². The van der Waals surface area contributed by atoms with Crippen molar-refractivity contribution in [1.29, 1.82) is 0 Å². The van der Waals surface area contributed by atoms with Crippen LogP contribution in [0.25, 0.3) is 0 Å². The molecule has 2 rings (SSSR count). The SMILES string of the molecule is CCCCCC(C(=O)OC)N(CC(=O)OCc1ccccc1)CC(=O)OCc1ccccc1. The maximum atomic E-state index is 12.6. The number of carbonyl (C=O) groups is 3. The molecule has 2 aromatic carbocycles. The quantitative estimate of drug-likeness (QED) is 0.243. The van der Waals surface area contributed by atoms with Gasteiger partial charge in [0, 0.05) is 0 Å². The summed E-state index contributed by atoms with van der Waals surface area (Å²) >= 11 is 0. The Kier molecular flexibility index (Phi) is 11.7. The molecule has 0 aromatic heterocycles. The van der Waals surface area contributed by atoms with Crippen molar-refractivity contribution in [2.45, 2.75) is 51.9 Å². The highest BCUT2D eigenvalue weighted by molar-refractivity contribution is 5.80. The van der Waals surface area contributed by atoms with Gasteiger partial charge in [0.1, 0.15) is 19.3 Å². The zero-order valence-electron chi connectivity index (χ0n) is 19.4. The van der Waals surface area contributed by atoms with E-state index in [1.807, 2.05) is 60.7 Å². The van der Waals surface area contributed by atoms with Crippen LogP contribution in [0.3, 0.4) is 0 Å². The number of nitrogens with zero attached hydrogens (tertiary/aromatic N) is 1. The molecule has 33 heavy (non-hydrogen) atoms. The number of hydrogen-bond donors (Lipinski definition) is 0. The Morgan fingerprint density at radius 1 is 0.788 bits per heavy atom. The molecule has 0 aliphatic rings. The first-order valence-electron chi connectivity index (χ1n) is 11.2. The number of rotatable bonds is 14. The van der Waals surface area contributed by atoms with Gasteiger partial charge >= 0.3 is 17.9 Å². The summed E-state index contributed by atoms with van der Waals surface area (Å²) in [5.41, 5.74) is 1.71. The third-order valence-corrected chi connectivity index (χ3v) is 5.14. The number of esters is 3. The Morgan fingerprint density at radius 3 is 1.70 bits per heavy atom. The number of benzene rings is 2. The van der Waals surface area contributed by atoms with Crippen molar-refractivity contribution in [2.75, 3.05) is 20.2 Å². The summed E-state index contributed by atoms with van der Waals surface area (Å²) in [4.78, 5) is 39.1. The highest BCUT2D eigenvalue weighted by Gasteiger charge is 2.30. The molecule has 178 valence electrons. The van der Waals surface area contributed by atoms with Gasteiger partial charge in [0.2, 0.25) is 0 Å². The Bertz CT molecular complexity index is 798. The van der Waals surface area contributed by atoms with Crippen molar-refractivity contribution in [3.63, 3.8) is 0 Å². The molecule has 7 nitrogen and oxygen atoms in total. The molecule has 0 saturated heterocycles. The van der Waals surface area contributed by atoms with Crippen LogP contribution >= 0.6 is 0 Å². The molecule has 0 saturated carbocycles. The highest BCUT2D eigenvalue weighted by Crippen LogP contribution is 2.14. The molecule has 1 atom stereocenters. The van der Waals surface area contributed by atoms with Crippen molar-refractivity contribution in [3.8, 4) is 0 Å². The Labute approximate surface area is 195 Å². The fraction of sp³-hybridized carbons (Fsp3) is 0.423. The van der Waals surface area contributed by atoms with Gasteiger partial charge in [-0.05, 0) is 17.5 Å². The minimum absolute atomic E-state index is 0.116. The molecule has 0 heterocycles. The van der Waals surface area contributed by atoms with E-state index in [1.54, 1.807) is 0 Å². The number of hydrogen-bond acceptors (Lipinski definition) is 7. The van der Waals surface area contributed by atoms with Gasteiger partial charge in [-0.2, -0.15) is 0 Å². The molecule has 0 bridgehead atoms. The van der Waals surface area contributed by atoms with E-state index in [2.05, 4.69) is 6.92 Å². The molecule has 0 aliphatic heterocycles. The summed E-state index contributed by atoms with van der Waals surface area (Å²) in [6.45, 7) is 1.85. The monoisotopic (exact) mass is 455 g/mol. The number of methoxy groups -OCH3 is 1. The Morgan fingerprint density at radius 2 is 1.27 bits per heavy atom. The molecular weight excluding hydrogens is 422 g/mol. The van der Waals surface area contributed by atoms with Crippen molar-refractivity contribution in [3.05, 3.63) is 71.8 Å². The van der Waals surface area contributed by atoms with Crippen LogP contribution in [0.15, 0.2) is 60.7 Å². The minimum atomic E-state index is -0.741. The van der Waals surface area contributed by atoms with Gasteiger partial charge in [0.15, 0.2) is 0 Å². The van der Waals surface area contributed by atoms with Gasteiger partial charge in [0.05, 0.1) is 20.2 Å². The molecule has 0 radical (unpaired) electrons. The molecule has 0 fully saturated rings. The summed E-state index contributed by atoms with van der Waals surface area (Å²) in [5, 5.41) is 0. The Hall–Kier alpha value is -3.19. The van der Waals surface area contributed by atoms with Crippen molar-refractivity contribution >= 4 is 17.9 Å². The van der Waals surface area contributed by atoms with Gasteiger partial charge in [-0.15, -0.1) is 0 Å². The lowest BCUT2D eigenvalue weighted by molar-refractivity contribution is -0.156. The van der Waals surface area contributed by atoms with E-state index in [0.29, 0.717) is 6.42 Å². The first-order valence-corrected chi connectivity index (χ1v) is 11.2. The maximum absolute atomic E-state index is 12.6. The average Bonchev–Trinajstić information content (AvgIpc) is 2.84. The van der Waals surface area contributed by atoms with Gasteiger partial charge in [0.25, 0.3) is 0 Å². The van der Waals surface area contributed by atoms with Crippen LogP contribution in [-0.2, 0) is 41.8 Å². The first-order chi connectivity index (χ1) is 16.0. The zero-order valence-corrected chi connectivity index (χ0v) is 19.4. The number of unbranched alkanes of at least 4 members (excludes halogenated alkanes) is 2. The summed E-state index contributed by atoms with van der Waals surface area (Å²) in [7, 11) is 1.30. The van der Waals surface area contributed by atoms with E-state index >= 15 is 0 Å². The lowest BCUT2D eigenvalue weighted by atomic mass is 10.1. The molecular formula is C26H33NO6. The maximum Gasteiger partial charge on any atom is 0.323 e. The fourth-order valence-corrected chi connectivity index (χ4v) is 3.35. The molecule has 0 N–H and O–H groups in total. The van der Waals surface area contributed by atoms with Crippen molar-refractivity contribution in [2.24, 2.45) is 0 Å². The summed E-state index contributed by atoms with van der Waals surface area (Å²) in [6, 6.07) is 17.9. The number of carbonyl (C=O) groups excluding carboxylic acids is 3. The molecule has 7 heteroatoms. The van der Waals surface area contributed by atoms with E-state index in [0.717, 1.165) is 30.4 Å². The summed E-state index contributed by atoms with van der Waals surface area (Å²) < 4.78 is 15.7.